The van der Waals surface area contributed by atoms with E-state index in [1.54, 1.807) is 0 Å². The summed E-state index contributed by atoms with van der Waals surface area (Å²) < 4.78 is 0. The number of nitrogens with two attached hydrogens (primary N) is 1. The Labute approximate surface area is 64.0 Å². The Morgan fingerprint density at radius 3 is 2.50 bits per heavy atom. The molecule has 60 valence electrons. The molecule has 10 heavy (non-hydrogen) atoms. The molecule has 1 aliphatic carbocycles. The molecule has 2 N–H and O–H groups in total. The molecule has 0 radical (unpaired) electrons. The van der Waals surface area contributed by atoms with Gasteiger partial charge in [0, 0.05) is 6.04 Å². The van der Waals surface area contributed by atoms with Gasteiger partial charge in [-0.15, -0.1) is 0 Å². The average molecular weight is 141 g/mol. The van der Waals surface area contributed by atoms with E-state index in [0.29, 0.717) is 6.04 Å². The van der Waals surface area contributed by atoms with Gasteiger partial charge in [-0.25, -0.2) is 0 Å². The average Bonchev–Trinajstić information content (AvgIpc) is 2.40. The van der Waals surface area contributed by atoms with E-state index < -0.39 is 0 Å². The van der Waals surface area contributed by atoms with Gasteiger partial charge in [-0.05, 0) is 18.8 Å². The van der Waals surface area contributed by atoms with Gasteiger partial charge in [0.05, 0.1) is 0 Å². The molecule has 0 saturated heterocycles. The van der Waals surface area contributed by atoms with Crippen LogP contribution in [0.15, 0.2) is 0 Å². The molecular formula is C9H19N. The summed E-state index contributed by atoms with van der Waals surface area (Å²) in [6.07, 6.45) is 8.19. The van der Waals surface area contributed by atoms with Crippen molar-refractivity contribution in [2.75, 3.05) is 0 Å². The van der Waals surface area contributed by atoms with E-state index in [1.807, 2.05) is 0 Å². The first kappa shape index (κ1) is 8.06. The third-order valence-corrected chi connectivity index (χ3v) is 2.64. The first-order valence-corrected chi connectivity index (χ1v) is 4.58. The highest BCUT2D eigenvalue weighted by Crippen LogP contribution is 2.28. The number of hydrogen-bond donors (Lipinski definition) is 1. The Hall–Kier alpha value is -0.0400. The van der Waals surface area contributed by atoms with Crippen LogP contribution in [0.5, 0.6) is 0 Å². The highest BCUT2D eigenvalue weighted by Gasteiger charge is 2.16. The van der Waals surface area contributed by atoms with Crippen molar-refractivity contribution in [3.63, 3.8) is 0 Å². The number of hydrogen-bond acceptors (Lipinski definition) is 1. The summed E-state index contributed by atoms with van der Waals surface area (Å²) in [6, 6.07) is 0.475. The van der Waals surface area contributed by atoms with Crippen LogP contribution >= 0.6 is 0 Å². The van der Waals surface area contributed by atoms with Gasteiger partial charge in [-0.3, -0.25) is 0 Å². The molecule has 1 nitrogen and oxygen atoms in total. The van der Waals surface area contributed by atoms with Crippen molar-refractivity contribution in [2.24, 2.45) is 11.7 Å². The molecule has 1 heteroatoms. The lowest BCUT2D eigenvalue weighted by molar-refractivity contribution is 0.435. The fourth-order valence-electron chi connectivity index (χ4n) is 1.84. The fourth-order valence-corrected chi connectivity index (χ4v) is 1.84. The second kappa shape index (κ2) is 3.97. The standard InChI is InChI=1S/C9H19N/c1-2-9(10)7-8-5-3-4-6-8/h8-9H,2-7,10H2,1H3/t9-/m1/s1. The van der Waals surface area contributed by atoms with Crippen molar-refractivity contribution in [3.05, 3.63) is 0 Å². The smallest absolute Gasteiger partial charge is 0.00388 e. The number of rotatable bonds is 3. The van der Waals surface area contributed by atoms with Crippen LogP contribution in [0.1, 0.15) is 45.4 Å². The Balaban J connectivity index is 2.11. The van der Waals surface area contributed by atoms with Gasteiger partial charge >= 0.3 is 0 Å². The molecule has 0 amide bonds. The molecule has 0 spiro atoms. The Bertz CT molecular complexity index is 84.7. The van der Waals surface area contributed by atoms with Crippen LogP contribution in [0.3, 0.4) is 0 Å². The predicted molar refractivity (Wildman–Crippen MR) is 44.8 cm³/mol. The minimum absolute atomic E-state index is 0.475. The highest BCUT2D eigenvalue weighted by molar-refractivity contribution is 4.72. The van der Waals surface area contributed by atoms with Crippen LogP contribution in [0.25, 0.3) is 0 Å². The van der Waals surface area contributed by atoms with Crippen molar-refractivity contribution in [3.8, 4) is 0 Å². The summed E-state index contributed by atoms with van der Waals surface area (Å²) in [5.41, 5.74) is 5.85. The van der Waals surface area contributed by atoms with Crippen LogP contribution < -0.4 is 5.73 Å². The van der Waals surface area contributed by atoms with E-state index in [0.717, 1.165) is 12.3 Å². The van der Waals surface area contributed by atoms with Crippen molar-refractivity contribution < 1.29 is 0 Å². The van der Waals surface area contributed by atoms with E-state index in [9.17, 15) is 0 Å². The molecule has 1 rings (SSSR count). The summed E-state index contributed by atoms with van der Waals surface area (Å²) in [5, 5.41) is 0. The lowest BCUT2D eigenvalue weighted by atomic mass is 9.98. The van der Waals surface area contributed by atoms with E-state index in [2.05, 4.69) is 6.92 Å². The second-order valence-corrected chi connectivity index (χ2v) is 3.55. The quantitative estimate of drug-likeness (QED) is 0.641. The lowest BCUT2D eigenvalue weighted by Crippen LogP contribution is -2.21. The van der Waals surface area contributed by atoms with Crippen molar-refractivity contribution in [1.82, 2.24) is 0 Å². The first-order chi connectivity index (χ1) is 4.83. The van der Waals surface area contributed by atoms with Crippen LogP contribution in [0, 0.1) is 5.92 Å². The van der Waals surface area contributed by atoms with Gasteiger partial charge < -0.3 is 5.73 Å². The van der Waals surface area contributed by atoms with E-state index in [-0.39, 0.29) is 0 Å². The lowest BCUT2D eigenvalue weighted by Gasteiger charge is -2.13. The van der Waals surface area contributed by atoms with Crippen LogP contribution in [-0.2, 0) is 0 Å². The fraction of sp³-hybridized carbons (Fsp3) is 1.00. The Morgan fingerprint density at radius 2 is 2.00 bits per heavy atom. The van der Waals surface area contributed by atoms with Crippen molar-refractivity contribution in [1.29, 1.82) is 0 Å². The molecule has 1 fully saturated rings. The summed E-state index contributed by atoms with van der Waals surface area (Å²) in [5.74, 6) is 0.968. The zero-order valence-electron chi connectivity index (χ0n) is 6.97. The van der Waals surface area contributed by atoms with E-state index >= 15 is 0 Å². The molecular weight excluding hydrogens is 122 g/mol. The molecule has 1 aliphatic rings. The topological polar surface area (TPSA) is 26.0 Å². The molecule has 0 aromatic heterocycles. The maximum atomic E-state index is 5.85. The van der Waals surface area contributed by atoms with Gasteiger partial charge in [0.1, 0.15) is 0 Å². The Kier molecular flexibility index (Phi) is 3.20. The summed E-state index contributed by atoms with van der Waals surface area (Å²) in [4.78, 5) is 0. The second-order valence-electron chi connectivity index (χ2n) is 3.55. The monoisotopic (exact) mass is 141 g/mol. The van der Waals surface area contributed by atoms with E-state index in [4.69, 9.17) is 5.73 Å². The first-order valence-electron chi connectivity index (χ1n) is 4.58. The molecule has 1 atom stereocenters. The molecule has 0 aromatic rings. The van der Waals surface area contributed by atoms with Crippen molar-refractivity contribution in [2.45, 2.75) is 51.5 Å². The molecule has 0 heterocycles. The molecule has 0 bridgehead atoms. The zero-order chi connectivity index (χ0) is 7.40. The molecule has 0 unspecified atom stereocenters. The Morgan fingerprint density at radius 1 is 1.40 bits per heavy atom. The molecule has 1 saturated carbocycles. The summed E-state index contributed by atoms with van der Waals surface area (Å²) in [7, 11) is 0. The normalized spacial score (nSPS) is 23.4. The van der Waals surface area contributed by atoms with Crippen molar-refractivity contribution >= 4 is 0 Å². The third-order valence-electron chi connectivity index (χ3n) is 2.64. The highest BCUT2D eigenvalue weighted by atomic mass is 14.6. The molecule has 0 aromatic carbocycles. The largest absolute Gasteiger partial charge is 0.328 e. The summed E-state index contributed by atoms with van der Waals surface area (Å²) >= 11 is 0. The van der Waals surface area contributed by atoms with Gasteiger partial charge in [0.2, 0.25) is 0 Å². The zero-order valence-corrected chi connectivity index (χ0v) is 6.97. The summed E-state index contributed by atoms with van der Waals surface area (Å²) in [6.45, 7) is 2.18. The predicted octanol–water partition coefficient (Wildman–Crippen LogP) is 2.30. The van der Waals surface area contributed by atoms with Gasteiger partial charge in [-0.1, -0.05) is 32.6 Å². The minimum Gasteiger partial charge on any atom is -0.328 e. The third kappa shape index (κ3) is 2.30. The van der Waals surface area contributed by atoms with Crippen LogP contribution in [0.4, 0.5) is 0 Å². The van der Waals surface area contributed by atoms with Crippen LogP contribution in [-0.4, -0.2) is 6.04 Å². The maximum Gasteiger partial charge on any atom is 0.00388 e. The minimum atomic E-state index is 0.475. The SMILES string of the molecule is CC[C@@H](N)CC1CCCC1. The maximum absolute atomic E-state index is 5.85. The molecule has 0 aliphatic heterocycles. The van der Waals surface area contributed by atoms with Gasteiger partial charge in [0.15, 0.2) is 0 Å². The van der Waals surface area contributed by atoms with E-state index in [1.165, 1.54) is 32.1 Å². The van der Waals surface area contributed by atoms with Gasteiger partial charge in [0.25, 0.3) is 0 Å². The van der Waals surface area contributed by atoms with Crippen LogP contribution in [0.2, 0.25) is 0 Å². The van der Waals surface area contributed by atoms with Gasteiger partial charge in [-0.2, -0.15) is 0 Å².